The molecule has 2 amide bonds. The first kappa shape index (κ1) is 17.0. The fourth-order valence-electron chi connectivity index (χ4n) is 2.00. The second kappa shape index (κ2) is 8.84. The van der Waals surface area contributed by atoms with Crippen LogP contribution in [-0.2, 0) is 0 Å². The lowest BCUT2D eigenvalue weighted by atomic mass is 10.3. The number of carbonyl (C=O) groups is 1. The molecule has 0 fully saturated rings. The second-order valence-corrected chi connectivity index (χ2v) is 5.19. The average Bonchev–Trinajstić information content (AvgIpc) is 2.69. The Morgan fingerprint density at radius 2 is 1.50 bits per heavy atom. The Morgan fingerprint density at radius 1 is 0.846 bits per heavy atom. The first-order chi connectivity index (χ1) is 12.8. The molecule has 0 aliphatic heterocycles. The first-order valence-electron chi connectivity index (χ1n) is 7.86. The maximum atomic E-state index is 11.8. The van der Waals surface area contributed by atoms with Crippen LogP contribution in [0.2, 0.25) is 0 Å². The molecule has 0 radical (unpaired) electrons. The summed E-state index contributed by atoms with van der Waals surface area (Å²) in [4.78, 5) is 15.7. The Labute approximate surface area is 150 Å². The van der Waals surface area contributed by atoms with Crippen molar-refractivity contribution in [3.8, 4) is 0 Å². The van der Waals surface area contributed by atoms with Gasteiger partial charge in [0.15, 0.2) is 0 Å². The molecule has 2 N–H and O–H groups in total. The molecule has 0 saturated carbocycles. The SMILES string of the molecule is O=C(N/N=C\c1ccncc1)Nc1ccc(N=Nc2ccccc2)cc1. The lowest BCUT2D eigenvalue weighted by Crippen LogP contribution is -2.24. The van der Waals surface area contributed by atoms with Crippen LogP contribution in [0.15, 0.2) is 94.5 Å². The normalized spacial score (nSPS) is 10.9. The molecule has 0 atom stereocenters. The molecule has 0 bridgehead atoms. The molecule has 0 unspecified atom stereocenters. The van der Waals surface area contributed by atoms with E-state index in [-0.39, 0.29) is 0 Å². The highest BCUT2D eigenvalue weighted by Crippen LogP contribution is 2.19. The van der Waals surface area contributed by atoms with Crippen molar-refractivity contribution in [1.82, 2.24) is 10.4 Å². The molecule has 26 heavy (non-hydrogen) atoms. The van der Waals surface area contributed by atoms with E-state index in [4.69, 9.17) is 0 Å². The lowest BCUT2D eigenvalue weighted by molar-refractivity contribution is 0.252. The second-order valence-electron chi connectivity index (χ2n) is 5.19. The van der Waals surface area contributed by atoms with Crippen LogP contribution in [0.1, 0.15) is 5.56 Å². The summed E-state index contributed by atoms with van der Waals surface area (Å²) in [7, 11) is 0. The maximum Gasteiger partial charge on any atom is 0.339 e. The molecular weight excluding hydrogens is 328 g/mol. The quantitative estimate of drug-likeness (QED) is 0.400. The van der Waals surface area contributed by atoms with E-state index in [1.165, 1.54) is 6.21 Å². The van der Waals surface area contributed by atoms with E-state index >= 15 is 0 Å². The van der Waals surface area contributed by atoms with Crippen LogP contribution in [0.3, 0.4) is 0 Å². The Kier molecular flexibility index (Phi) is 5.77. The number of nitrogens with one attached hydrogen (secondary N) is 2. The van der Waals surface area contributed by atoms with E-state index in [0.717, 1.165) is 11.3 Å². The third kappa shape index (κ3) is 5.34. The predicted octanol–water partition coefficient (Wildman–Crippen LogP) is 4.65. The monoisotopic (exact) mass is 344 g/mol. The number of azo groups is 1. The summed E-state index contributed by atoms with van der Waals surface area (Å²) in [5.41, 5.74) is 5.33. The number of nitrogens with zero attached hydrogens (tertiary/aromatic N) is 4. The Hall–Kier alpha value is -3.87. The van der Waals surface area contributed by atoms with Gasteiger partial charge < -0.3 is 5.32 Å². The van der Waals surface area contributed by atoms with Crippen molar-refractivity contribution in [3.05, 3.63) is 84.7 Å². The third-order valence-electron chi connectivity index (χ3n) is 3.25. The number of hydrazone groups is 1. The topological polar surface area (TPSA) is 91.1 Å². The minimum absolute atomic E-state index is 0.436. The van der Waals surface area contributed by atoms with Gasteiger partial charge in [-0.3, -0.25) is 4.98 Å². The van der Waals surface area contributed by atoms with Gasteiger partial charge in [0.2, 0.25) is 0 Å². The molecule has 0 saturated heterocycles. The number of benzene rings is 2. The Morgan fingerprint density at radius 3 is 2.19 bits per heavy atom. The molecule has 0 aliphatic carbocycles. The molecule has 7 heteroatoms. The number of pyridine rings is 1. The van der Waals surface area contributed by atoms with Gasteiger partial charge in [0, 0.05) is 18.1 Å². The molecule has 0 spiro atoms. The van der Waals surface area contributed by atoms with Gasteiger partial charge in [0.1, 0.15) is 0 Å². The van der Waals surface area contributed by atoms with E-state index in [2.05, 4.69) is 31.1 Å². The lowest BCUT2D eigenvalue weighted by Gasteiger charge is -2.04. The van der Waals surface area contributed by atoms with Gasteiger partial charge in [-0.2, -0.15) is 15.3 Å². The zero-order valence-corrected chi connectivity index (χ0v) is 13.8. The van der Waals surface area contributed by atoms with E-state index < -0.39 is 6.03 Å². The van der Waals surface area contributed by atoms with Crippen LogP contribution in [0.4, 0.5) is 21.9 Å². The molecule has 3 rings (SSSR count). The summed E-state index contributed by atoms with van der Waals surface area (Å²) in [5, 5.41) is 14.8. The van der Waals surface area contributed by atoms with Gasteiger partial charge in [-0.05, 0) is 54.1 Å². The summed E-state index contributed by atoms with van der Waals surface area (Å²) in [6.45, 7) is 0. The molecule has 0 aliphatic rings. The summed E-state index contributed by atoms with van der Waals surface area (Å²) in [6.07, 6.45) is 4.84. The van der Waals surface area contributed by atoms with E-state index in [9.17, 15) is 4.79 Å². The van der Waals surface area contributed by atoms with E-state index in [1.54, 1.807) is 48.8 Å². The number of anilines is 1. The van der Waals surface area contributed by atoms with Crippen LogP contribution in [0.25, 0.3) is 0 Å². The van der Waals surface area contributed by atoms with Gasteiger partial charge >= 0.3 is 6.03 Å². The molecule has 3 aromatic rings. The van der Waals surface area contributed by atoms with Crippen molar-refractivity contribution in [2.75, 3.05) is 5.32 Å². The number of carbonyl (C=O) groups excluding carboxylic acids is 1. The van der Waals surface area contributed by atoms with Crippen LogP contribution in [0, 0.1) is 0 Å². The van der Waals surface area contributed by atoms with Crippen LogP contribution >= 0.6 is 0 Å². The van der Waals surface area contributed by atoms with Gasteiger partial charge in [-0.15, -0.1) is 0 Å². The highest BCUT2D eigenvalue weighted by atomic mass is 16.2. The summed E-state index contributed by atoms with van der Waals surface area (Å²) >= 11 is 0. The predicted molar refractivity (Wildman–Crippen MR) is 101 cm³/mol. The van der Waals surface area contributed by atoms with Crippen molar-refractivity contribution in [2.45, 2.75) is 0 Å². The van der Waals surface area contributed by atoms with Crippen molar-refractivity contribution >= 4 is 29.3 Å². The molecule has 7 nitrogen and oxygen atoms in total. The minimum Gasteiger partial charge on any atom is -0.307 e. The third-order valence-corrected chi connectivity index (χ3v) is 3.25. The Bertz CT molecular complexity index is 892. The molecule has 1 heterocycles. The van der Waals surface area contributed by atoms with Crippen molar-refractivity contribution in [2.24, 2.45) is 15.3 Å². The van der Waals surface area contributed by atoms with Crippen molar-refractivity contribution < 1.29 is 4.79 Å². The standard InChI is InChI=1S/C19H16N6O/c26-19(25-21-14-15-10-12-20-13-11-15)22-16-6-8-18(9-7-16)24-23-17-4-2-1-3-5-17/h1-14H,(H2,22,25,26)/b21-14-,24-23?. The highest BCUT2D eigenvalue weighted by molar-refractivity contribution is 5.90. The fourth-order valence-corrected chi connectivity index (χ4v) is 2.00. The van der Waals surface area contributed by atoms with Crippen molar-refractivity contribution in [1.29, 1.82) is 0 Å². The molecule has 2 aromatic carbocycles. The first-order valence-corrected chi connectivity index (χ1v) is 7.86. The largest absolute Gasteiger partial charge is 0.339 e. The Balaban J connectivity index is 1.51. The number of amides is 2. The van der Waals surface area contributed by atoms with Gasteiger partial charge in [0.25, 0.3) is 0 Å². The van der Waals surface area contributed by atoms with E-state index in [0.29, 0.717) is 11.4 Å². The highest BCUT2D eigenvalue weighted by Gasteiger charge is 2.00. The van der Waals surface area contributed by atoms with Crippen LogP contribution < -0.4 is 10.7 Å². The average molecular weight is 344 g/mol. The van der Waals surface area contributed by atoms with Gasteiger partial charge in [0.05, 0.1) is 17.6 Å². The van der Waals surface area contributed by atoms with Crippen LogP contribution in [-0.4, -0.2) is 17.2 Å². The number of hydrogen-bond acceptors (Lipinski definition) is 5. The van der Waals surface area contributed by atoms with Gasteiger partial charge in [-0.25, -0.2) is 10.2 Å². The maximum absolute atomic E-state index is 11.8. The zero-order chi connectivity index (χ0) is 18.0. The molecule has 128 valence electrons. The number of rotatable bonds is 5. The molecular formula is C19H16N6O. The minimum atomic E-state index is -0.436. The molecule has 1 aromatic heterocycles. The van der Waals surface area contributed by atoms with Crippen molar-refractivity contribution in [3.63, 3.8) is 0 Å². The smallest absolute Gasteiger partial charge is 0.307 e. The number of hydrogen-bond donors (Lipinski definition) is 2. The van der Waals surface area contributed by atoms with E-state index in [1.807, 2.05) is 30.3 Å². The summed E-state index contributed by atoms with van der Waals surface area (Å²) < 4.78 is 0. The zero-order valence-electron chi connectivity index (χ0n) is 13.8. The summed E-state index contributed by atoms with van der Waals surface area (Å²) in [5.74, 6) is 0. The van der Waals surface area contributed by atoms with Crippen LogP contribution in [0.5, 0.6) is 0 Å². The number of aromatic nitrogens is 1. The fraction of sp³-hybridized carbons (Fsp3) is 0. The number of urea groups is 1. The summed E-state index contributed by atoms with van der Waals surface area (Å²) in [6, 6.07) is 19.6. The van der Waals surface area contributed by atoms with Gasteiger partial charge in [-0.1, -0.05) is 18.2 Å².